The molecule has 1 saturated carbocycles. The number of alkyl halides is 3. The Bertz CT molecular complexity index is 595. The molecule has 1 saturated heterocycles. The molecule has 1 aromatic carbocycles. The van der Waals surface area contributed by atoms with Gasteiger partial charge in [-0.15, -0.1) is 13.2 Å². The lowest BCUT2D eigenvalue weighted by molar-refractivity contribution is -0.276. The first-order chi connectivity index (χ1) is 12.2. The average Bonchev–Trinajstić information content (AvgIpc) is 2.58. The number of hydrogen-bond donors (Lipinski definition) is 0. The molecule has 0 radical (unpaired) electrons. The lowest BCUT2D eigenvalue weighted by atomic mass is 9.78. The van der Waals surface area contributed by atoms with Crippen LogP contribution in [0.1, 0.15) is 44.1 Å². The Morgan fingerprint density at radius 2 is 1.50 bits per heavy atom. The Kier molecular flexibility index (Phi) is 5.72. The van der Waals surface area contributed by atoms with Crippen LogP contribution in [0.5, 0.6) is 5.75 Å². The number of hydrogen-bond acceptors (Lipinski definition) is 3. The van der Waals surface area contributed by atoms with E-state index >= 15 is 0 Å². The van der Waals surface area contributed by atoms with E-state index in [1.807, 2.05) is 6.92 Å². The highest BCUT2D eigenvalue weighted by molar-refractivity contribution is 5.33. The van der Waals surface area contributed by atoms with E-state index in [-0.39, 0.29) is 18.1 Å². The Balaban J connectivity index is 1.62. The van der Waals surface area contributed by atoms with Crippen molar-refractivity contribution < 1.29 is 36.2 Å². The molecule has 2 aliphatic rings. The molecule has 2 fully saturated rings. The maximum atomic E-state index is 13.9. The maximum Gasteiger partial charge on any atom is 0.573 e. The number of benzene rings is 1. The van der Waals surface area contributed by atoms with Crippen molar-refractivity contribution in [2.45, 2.75) is 51.2 Å². The van der Waals surface area contributed by atoms with Gasteiger partial charge in [0.25, 0.3) is 0 Å². The first kappa shape index (κ1) is 19.4. The second-order valence-electron chi connectivity index (χ2n) is 7.11. The van der Waals surface area contributed by atoms with Crippen LogP contribution in [0.25, 0.3) is 0 Å². The van der Waals surface area contributed by atoms with Crippen molar-refractivity contribution in [1.82, 2.24) is 0 Å². The quantitative estimate of drug-likeness (QED) is 0.679. The molecule has 1 heterocycles. The van der Waals surface area contributed by atoms with Gasteiger partial charge in [0.15, 0.2) is 17.9 Å². The Hall–Kier alpha value is -1.41. The zero-order valence-electron chi connectivity index (χ0n) is 14.3. The zero-order chi connectivity index (χ0) is 18.9. The fraction of sp³-hybridized carbons (Fsp3) is 0.667. The van der Waals surface area contributed by atoms with Crippen LogP contribution < -0.4 is 4.74 Å². The van der Waals surface area contributed by atoms with Gasteiger partial charge < -0.3 is 14.2 Å². The van der Waals surface area contributed by atoms with E-state index in [0.29, 0.717) is 37.5 Å². The van der Waals surface area contributed by atoms with Crippen LogP contribution in [0, 0.1) is 23.5 Å². The maximum absolute atomic E-state index is 13.9. The number of rotatable bonds is 3. The molecular weight excluding hydrogens is 359 g/mol. The highest BCUT2D eigenvalue weighted by atomic mass is 19.4. The lowest BCUT2D eigenvalue weighted by Gasteiger charge is -2.37. The molecule has 1 aliphatic heterocycles. The second-order valence-corrected chi connectivity index (χ2v) is 7.11. The summed E-state index contributed by atoms with van der Waals surface area (Å²) in [5, 5.41) is 0. The molecule has 26 heavy (non-hydrogen) atoms. The molecule has 0 atom stereocenters. The first-order valence-electron chi connectivity index (χ1n) is 8.71. The van der Waals surface area contributed by atoms with E-state index in [0.717, 1.165) is 25.0 Å². The molecule has 0 aromatic heterocycles. The van der Waals surface area contributed by atoms with Gasteiger partial charge in [-0.3, -0.25) is 0 Å². The molecule has 1 aromatic rings. The van der Waals surface area contributed by atoms with Crippen LogP contribution in [-0.2, 0) is 9.47 Å². The molecule has 3 nitrogen and oxygen atoms in total. The smallest absolute Gasteiger partial charge is 0.399 e. The topological polar surface area (TPSA) is 27.7 Å². The molecule has 0 spiro atoms. The third-order valence-electron chi connectivity index (χ3n) is 4.96. The minimum atomic E-state index is -5.14. The Morgan fingerprint density at radius 3 is 2.00 bits per heavy atom. The van der Waals surface area contributed by atoms with Crippen molar-refractivity contribution in [3.63, 3.8) is 0 Å². The highest BCUT2D eigenvalue weighted by Gasteiger charge is 2.35. The summed E-state index contributed by atoms with van der Waals surface area (Å²) in [5.41, 5.74) is 0.354. The van der Waals surface area contributed by atoms with Gasteiger partial charge in [-0.2, -0.15) is 0 Å². The molecule has 0 bridgehead atoms. The summed E-state index contributed by atoms with van der Waals surface area (Å²) in [7, 11) is 0. The van der Waals surface area contributed by atoms with Gasteiger partial charge in [-0.25, -0.2) is 8.78 Å². The third-order valence-corrected chi connectivity index (χ3v) is 4.96. The van der Waals surface area contributed by atoms with Gasteiger partial charge in [-0.1, -0.05) is 6.92 Å². The largest absolute Gasteiger partial charge is 0.573 e. The summed E-state index contributed by atoms with van der Waals surface area (Å²) in [5.74, 6) is -3.61. The van der Waals surface area contributed by atoms with E-state index in [1.165, 1.54) is 0 Å². The van der Waals surface area contributed by atoms with Crippen LogP contribution in [0.2, 0.25) is 0 Å². The standard InChI is InChI=1S/C18H21F5O3/c1-10-8-24-17(25-9-10)12-4-2-11(3-5-12)13-6-14(19)16(15(20)7-13)26-18(21,22)23/h6-7,10-12,17H,2-5,8-9H2,1H3. The summed E-state index contributed by atoms with van der Waals surface area (Å²) in [6.45, 7) is 3.35. The molecule has 146 valence electrons. The fourth-order valence-corrected chi connectivity index (χ4v) is 3.64. The van der Waals surface area contributed by atoms with Crippen molar-refractivity contribution >= 4 is 0 Å². The van der Waals surface area contributed by atoms with E-state index in [2.05, 4.69) is 4.74 Å². The van der Waals surface area contributed by atoms with Gasteiger partial charge >= 0.3 is 6.36 Å². The van der Waals surface area contributed by atoms with E-state index in [4.69, 9.17) is 9.47 Å². The molecule has 0 N–H and O–H groups in total. The molecule has 0 amide bonds. The summed E-state index contributed by atoms with van der Waals surface area (Å²) in [6.07, 6.45) is -2.51. The molecule has 1 aliphatic carbocycles. The highest BCUT2D eigenvalue weighted by Crippen LogP contribution is 2.40. The van der Waals surface area contributed by atoms with Gasteiger partial charge in [0.2, 0.25) is 5.75 Å². The SMILES string of the molecule is CC1COC(C2CCC(c3cc(F)c(OC(F)(F)F)c(F)c3)CC2)OC1. The fourth-order valence-electron chi connectivity index (χ4n) is 3.64. The lowest BCUT2D eigenvalue weighted by Crippen LogP contribution is -2.37. The van der Waals surface area contributed by atoms with Crippen LogP contribution in [-0.4, -0.2) is 25.9 Å². The van der Waals surface area contributed by atoms with Crippen LogP contribution >= 0.6 is 0 Å². The molecule has 0 unspecified atom stereocenters. The first-order valence-corrected chi connectivity index (χ1v) is 8.71. The van der Waals surface area contributed by atoms with Crippen molar-refractivity contribution in [3.8, 4) is 5.75 Å². The average molecular weight is 380 g/mol. The van der Waals surface area contributed by atoms with Crippen molar-refractivity contribution in [3.05, 3.63) is 29.3 Å². The van der Waals surface area contributed by atoms with E-state index in [9.17, 15) is 22.0 Å². The van der Waals surface area contributed by atoms with E-state index < -0.39 is 23.7 Å². The van der Waals surface area contributed by atoms with E-state index in [1.54, 1.807) is 0 Å². The van der Waals surface area contributed by atoms with Crippen LogP contribution in [0.3, 0.4) is 0 Å². The predicted octanol–water partition coefficient (Wildman–Crippen LogP) is 5.15. The third kappa shape index (κ3) is 4.65. The summed E-state index contributed by atoms with van der Waals surface area (Å²) in [6, 6.07) is 1.87. The Morgan fingerprint density at radius 1 is 0.962 bits per heavy atom. The van der Waals surface area contributed by atoms with Gasteiger partial charge in [0, 0.05) is 11.8 Å². The summed E-state index contributed by atoms with van der Waals surface area (Å²) >= 11 is 0. The normalized spacial score (nSPS) is 30.2. The summed E-state index contributed by atoms with van der Waals surface area (Å²) < 4.78 is 79.3. The van der Waals surface area contributed by atoms with Crippen molar-refractivity contribution in [2.75, 3.05) is 13.2 Å². The van der Waals surface area contributed by atoms with Crippen molar-refractivity contribution in [1.29, 1.82) is 0 Å². The van der Waals surface area contributed by atoms with Gasteiger partial charge in [-0.05, 0) is 49.3 Å². The summed E-state index contributed by atoms with van der Waals surface area (Å²) in [4.78, 5) is 0. The predicted molar refractivity (Wildman–Crippen MR) is 82.6 cm³/mol. The Labute approximate surface area is 148 Å². The second kappa shape index (κ2) is 7.68. The minimum absolute atomic E-state index is 0.113. The molecule has 8 heteroatoms. The monoisotopic (exact) mass is 380 g/mol. The van der Waals surface area contributed by atoms with Gasteiger partial charge in [0.05, 0.1) is 13.2 Å². The minimum Gasteiger partial charge on any atom is -0.399 e. The molecule has 3 rings (SSSR count). The number of halogens is 5. The van der Waals surface area contributed by atoms with Crippen LogP contribution in [0.15, 0.2) is 12.1 Å². The van der Waals surface area contributed by atoms with Crippen LogP contribution in [0.4, 0.5) is 22.0 Å². The number of ether oxygens (including phenoxy) is 3. The molecular formula is C18H21F5O3. The zero-order valence-corrected chi connectivity index (χ0v) is 14.3. The van der Waals surface area contributed by atoms with Crippen molar-refractivity contribution in [2.24, 2.45) is 11.8 Å². The van der Waals surface area contributed by atoms with Gasteiger partial charge in [0.1, 0.15) is 0 Å².